The zero-order valence-corrected chi connectivity index (χ0v) is 10.7. The molecule has 17 heavy (non-hydrogen) atoms. The van der Waals surface area contributed by atoms with Gasteiger partial charge in [0.1, 0.15) is 10.8 Å². The molecule has 2 amide bonds. The predicted molar refractivity (Wildman–Crippen MR) is 64.9 cm³/mol. The minimum atomic E-state index is -0.331. The molecule has 6 heteroatoms. The van der Waals surface area contributed by atoms with Crippen LogP contribution in [0.2, 0.25) is 5.15 Å². The fraction of sp³-hybridized carbons (Fsp3) is 0.364. The van der Waals surface area contributed by atoms with Crippen molar-refractivity contribution in [1.82, 2.24) is 14.8 Å². The molecule has 92 valence electrons. The lowest BCUT2D eigenvalue weighted by Gasteiger charge is -2.18. The minimum Gasteiger partial charge on any atom is -0.347 e. The van der Waals surface area contributed by atoms with E-state index in [2.05, 4.69) is 4.98 Å². The van der Waals surface area contributed by atoms with Crippen LogP contribution in [0.3, 0.4) is 0 Å². The summed E-state index contributed by atoms with van der Waals surface area (Å²) in [5.74, 6) is -0.481. The Bertz CT molecular complexity index is 434. The summed E-state index contributed by atoms with van der Waals surface area (Å²) in [6.45, 7) is 0.0139. The highest BCUT2D eigenvalue weighted by Crippen LogP contribution is 2.07. The van der Waals surface area contributed by atoms with E-state index in [1.807, 2.05) is 0 Å². The van der Waals surface area contributed by atoms with Crippen LogP contribution in [0.15, 0.2) is 18.2 Å². The van der Waals surface area contributed by atoms with Crippen molar-refractivity contribution in [2.24, 2.45) is 0 Å². The van der Waals surface area contributed by atoms with Gasteiger partial charge in [-0.2, -0.15) is 0 Å². The second-order valence-electron chi connectivity index (χ2n) is 3.79. The number of carbonyl (C=O) groups is 2. The highest BCUT2D eigenvalue weighted by molar-refractivity contribution is 6.29. The van der Waals surface area contributed by atoms with Crippen LogP contribution in [0.1, 0.15) is 10.5 Å². The van der Waals surface area contributed by atoms with Gasteiger partial charge in [0.2, 0.25) is 5.91 Å². The van der Waals surface area contributed by atoms with Crippen LogP contribution < -0.4 is 0 Å². The molecule has 0 bridgehead atoms. The maximum absolute atomic E-state index is 11.9. The molecule has 0 aromatic carbocycles. The number of rotatable bonds is 3. The minimum absolute atomic E-state index is 0.0139. The van der Waals surface area contributed by atoms with Gasteiger partial charge in [-0.3, -0.25) is 9.59 Å². The number of amides is 2. The molecule has 1 aromatic rings. The maximum Gasteiger partial charge on any atom is 0.272 e. The molecule has 0 saturated heterocycles. The Kier molecular flexibility index (Phi) is 4.45. The second-order valence-corrected chi connectivity index (χ2v) is 4.18. The number of carbonyl (C=O) groups excluding carboxylic acids is 2. The molecule has 1 heterocycles. The van der Waals surface area contributed by atoms with Gasteiger partial charge in [-0.05, 0) is 12.1 Å². The Morgan fingerprint density at radius 2 is 1.94 bits per heavy atom. The Morgan fingerprint density at radius 3 is 2.47 bits per heavy atom. The van der Waals surface area contributed by atoms with Crippen LogP contribution in [0, 0.1) is 0 Å². The van der Waals surface area contributed by atoms with E-state index >= 15 is 0 Å². The molecule has 0 aliphatic heterocycles. The molecular formula is C11H14ClN3O2. The molecule has 0 spiro atoms. The quantitative estimate of drug-likeness (QED) is 0.754. The molecule has 0 radical (unpaired) electrons. The normalized spacial score (nSPS) is 9.88. The van der Waals surface area contributed by atoms with E-state index in [1.165, 1.54) is 9.80 Å². The molecule has 0 unspecified atom stereocenters. The Balaban J connectivity index is 2.73. The first kappa shape index (κ1) is 13.4. The molecule has 0 aliphatic rings. The lowest BCUT2D eigenvalue weighted by molar-refractivity contribution is -0.129. The van der Waals surface area contributed by atoms with Gasteiger partial charge in [-0.1, -0.05) is 17.7 Å². The number of pyridine rings is 1. The van der Waals surface area contributed by atoms with Crippen molar-refractivity contribution >= 4 is 23.4 Å². The van der Waals surface area contributed by atoms with Crippen LogP contribution >= 0.6 is 11.6 Å². The molecule has 1 aromatic heterocycles. The van der Waals surface area contributed by atoms with Gasteiger partial charge in [0.05, 0.1) is 6.54 Å². The first-order chi connectivity index (χ1) is 7.91. The summed E-state index contributed by atoms with van der Waals surface area (Å²) in [5, 5.41) is 0.253. The van der Waals surface area contributed by atoms with Crippen molar-refractivity contribution in [3.63, 3.8) is 0 Å². The predicted octanol–water partition coefficient (Wildman–Crippen LogP) is 0.895. The maximum atomic E-state index is 11.9. The first-order valence-electron chi connectivity index (χ1n) is 5.00. The average Bonchev–Trinajstić information content (AvgIpc) is 2.27. The van der Waals surface area contributed by atoms with Crippen molar-refractivity contribution in [3.05, 3.63) is 29.0 Å². The number of hydrogen-bond acceptors (Lipinski definition) is 3. The average molecular weight is 256 g/mol. The summed E-state index contributed by atoms with van der Waals surface area (Å²) in [6, 6.07) is 4.79. The number of halogens is 1. The third-order valence-corrected chi connectivity index (χ3v) is 2.36. The molecular weight excluding hydrogens is 242 g/mol. The Labute approximate surface area is 105 Å². The third kappa shape index (κ3) is 3.71. The lowest BCUT2D eigenvalue weighted by Crippen LogP contribution is -2.38. The van der Waals surface area contributed by atoms with E-state index in [1.54, 1.807) is 39.3 Å². The standard InChI is InChI=1S/C11H14ClN3O2/c1-14(2)10(16)7-15(3)11(17)8-5-4-6-9(12)13-8/h4-6H,7H2,1-3H3. The summed E-state index contributed by atoms with van der Waals surface area (Å²) in [6.07, 6.45) is 0. The fourth-order valence-electron chi connectivity index (χ4n) is 1.14. The molecule has 1 rings (SSSR count). The summed E-state index contributed by atoms with van der Waals surface area (Å²) in [4.78, 5) is 30.0. The van der Waals surface area contributed by atoms with Crippen LogP contribution in [-0.2, 0) is 4.79 Å². The number of aromatic nitrogens is 1. The molecule has 0 N–H and O–H groups in total. The summed E-state index contributed by atoms with van der Waals surface area (Å²) < 4.78 is 0. The Morgan fingerprint density at radius 1 is 1.29 bits per heavy atom. The van der Waals surface area contributed by atoms with E-state index in [4.69, 9.17) is 11.6 Å². The number of likely N-dealkylation sites (N-methyl/N-ethyl adjacent to an activating group) is 2. The topological polar surface area (TPSA) is 53.5 Å². The van der Waals surface area contributed by atoms with Crippen LogP contribution in [0.25, 0.3) is 0 Å². The van der Waals surface area contributed by atoms with Crippen molar-refractivity contribution in [3.8, 4) is 0 Å². The van der Waals surface area contributed by atoms with E-state index in [0.717, 1.165) is 0 Å². The monoisotopic (exact) mass is 255 g/mol. The summed E-state index contributed by atoms with van der Waals surface area (Å²) in [7, 11) is 4.82. The number of nitrogens with zero attached hydrogens (tertiary/aromatic N) is 3. The third-order valence-electron chi connectivity index (χ3n) is 2.15. The second kappa shape index (κ2) is 5.63. The van der Waals surface area contributed by atoms with Crippen molar-refractivity contribution in [2.45, 2.75) is 0 Å². The van der Waals surface area contributed by atoms with Gasteiger partial charge in [0.15, 0.2) is 0 Å². The van der Waals surface area contributed by atoms with Gasteiger partial charge < -0.3 is 9.80 Å². The zero-order chi connectivity index (χ0) is 13.0. The van der Waals surface area contributed by atoms with E-state index in [0.29, 0.717) is 0 Å². The SMILES string of the molecule is CN(C)C(=O)CN(C)C(=O)c1cccc(Cl)n1. The zero-order valence-electron chi connectivity index (χ0n) is 9.98. The van der Waals surface area contributed by atoms with Crippen molar-refractivity contribution in [2.75, 3.05) is 27.7 Å². The van der Waals surface area contributed by atoms with Gasteiger partial charge in [-0.25, -0.2) is 4.98 Å². The number of hydrogen-bond donors (Lipinski definition) is 0. The van der Waals surface area contributed by atoms with E-state index < -0.39 is 0 Å². The molecule has 0 atom stereocenters. The molecule has 0 aliphatic carbocycles. The van der Waals surface area contributed by atoms with Gasteiger partial charge in [0.25, 0.3) is 5.91 Å². The van der Waals surface area contributed by atoms with E-state index in [-0.39, 0.29) is 29.2 Å². The van der Waals surface area contributed by atoms with E-state index in [9.17, 15) is 9.59 Å². The van der Waals surface area contributed by atoms with Gasteiger partial charge >= 0.3 is 0 Å². The van der Waals surface area contributed by atoms with Crippen molar-refractivity contribution in [1.29, 1.82) is 0 Å². The first-order valence-corrected chi connectivity index (χ1v) is 5.38. The van der Waals surface area contributed by atoms with Gasteiger partial charge in [-0.15, -0.1) is 0 Å². The lowest BCUT2D eigenvalue weighted by atomic mass is 10.3. The smallest absolute Gasteiger partial charge is 0.272 e. The molecule has 0 fully saturated rings. The largest absolute Gasteiger partial charge is 0.347 e. The van der Waals surface area contributed by atoms with Crippen LogP contribution in [0.5, 0.6) is 0 Å². The summed E-state index contributed by atoms with van der Waals surface area (Å²) in [5.41, 5.74) is 0.228. The highest BCUT2D eigenvalue weighted by Gasteiger charge is 2.16. The van der Waals surface area contributed by atoms with Crippen molar-refractivity contribution < 1.29 is 9.59 Å². The van der Waals surface area contributed by atoms with Gasteiger partial charge in [0, 0.05) is 21.1 Å². The highest BCUT2D eigenvalue weighted by atomic mass is 35.5. The fourth-order valence-corrected chi connectivity index (χ4v) is 1.30. The molecule has 5 nitrogen and oxygen atoms in total. The Hall–Kier alpha value is -1.62. The molecule has 0 saturated carbocycles. The van der Waals surface area contributed by atoms with Crippen LogP contribution in [0.4, 0.5) is 0 Å². The summed E-state index contributed by atoms with van der Waals surface area (Å²) >= 11 is 5.69. The van der Waals surface area contributed by atoms with Crippen LogP contribution in [-0.4, -0.2) is 54.3 Å².